The number of rotatable bonds is 5. The number of nitrogens with one attached hydrogen (secondary N) is 1. The first-order valence-electron chi connectivity index (χ1n) is 7.28. The summed E-state index contributed by atoms with van der Waals surface area (Å²) in [5.74, 6) is 1.26. The second kappa shape index (κ2) is 5.73. The molecule has 1 aromatic carbocycles. The van der Waals surface area contributed by atoms with Crippen molar-refractivity contribution < 1.29 is 14.3 Å². The quantitative estimate of drug-likeness (QED) is 0.886. The minimum Gasteiger partial charge on any atom is -0.440 e. The molecule has 0 saturated heterocycles. The van der Waals surface area contributed by atoms with Crippen molar-refractivity contribution in [3.8, 4) is 0 Å². The first kappa shape index (κ1) is 13.9. The van der Waals surface area contributed by atoms with Gasteiger partial charge in [-0.15, -0.1) is 0 Å². The molecule has 1 aliphatic carbocycles. The van der Waals surface area contributed by atoms with Crippen LogP contribution >= 0.6 is 0 Å². The predicted molar refractivity (Wildman–Crippen MR) is 79.3 cm³/mol. The van der Waals surface area contributed by atoms with E-state index < -0.39 is 0 Å². The van der Waals surface area contributed by atoms with Crippen molar-refractivity contribution in [2.45, 2.75) is 25.7 Å². The van der Waals surface area contributed by atoms with Crippen LogP contribution in [0, 0.1) is 0 Å². The van der Waals surface area contributed by atoms with Crippen LogP contribution in [-0.2, 0) is 0 Å². The number of urea groups is 1. The minimum absolute atomic E-state index is 0.0473. The molecule has 0 atom stereocenters. The highest BCUT2D eigenvalue weighted by Crippen LogP contribution is 2.40. The van der Waals surface area contributed by atoms with Crippen LogP contribution in [0.2, 0.25) is 0 Å². The van der Waals surface area contributed by atoms with Gasteiger partial charge in [0.25, 0.3) is 0 Å². The normalized spacial score (nSPS) is 14.4. The van der Waals surface area contributed by atoms with Gasteiger partial charge in [0.15, 0.2) is 11.5 Å². The number of aromatic nitrogens is 1. The third-order valence-corrected chi connectivity index (χ3v) is 3.62. The van der Waals surface area contributed by atoms with Gasteiger partial charge in [-0.1, -0.05) is 0 Å². The fraction of sp³-hybridized carbons (Fsp3) is 0.467. The lowest BCUT2D eigenvalue weighted by molar-refractivity contribution is 0.192. The Morgan fingerprint density at radius 2 is 2.33 bits per heavy atom. The highest BCUT2D eigenvalue weighted by molar-refractivity contribution is 5.91. The molecular formula is C15H19N3O3. The number of carbonyl (C=O) groups is 1. The summed E-state index contributed by atoms with van der Waals surface area (Å²) in [4.78, 5) is 18.1. The predicted octanol–water partition coefficient (Wildman–Crippen LogP) is 2.55. The van der Waals surface area contributed by atoms with E-state index in [1.54, 1.807) is 11.0 Å². The van der Waals surface area contributed by atoms with Crippen LogP contribution in [0.25, 0.3) is 11.1 Å². The Balaban J connectivity index is 1.75. The molecule has 0 radical (unpaired) electrons. The summed E-state index contributed by atoms with van der Waals surface area (Å²) in [5.41, 5.74) is 2.19. The third-order valence-electron chi connectivity index (χ3n) is 3.62. The number of nitrogens with zero attached hydrogens (tertiary/aromatic N) is 2. The molecule has 2 amide bonds. The van der Waals surface area contributed by atoms with Crippen LogP contribution in [0.4, 0.5) is 10.5 Å². The first-order valence-corrected chi connectivity index (χ1v) is 7.28. The molecule has 21 heavy (non-hydrogen) atoms. The molecule has 6 nitrogen and oxygen atoms in total. The molecule has 6 heteroatoms. The van der Waals surface area contributed by atoms with E-state index in [0.29, 0.717) is 24.7 Å². The van der Waals surface area contributed by atoms with E-state index in [1.807, 2.05) is 19.1 Å². The number of anilines is 1. The summed E-state index contributed by atoms with van der Waals surface area (Å²) in [6.45, 7) is 2.69. The Morgan fingerprint density at radius 1 is 1.52 bits per heavy atom. The van der Waals surface area contributed by atoms with Gasteiger partial charge < -0.3 is 19.7 Å². The van der Waals surface area contributed by atoms with Gasteiger partial charge in [0.2, 0.25) is 0 Å². The zero-order valence-electron chi connectivity index (χ0n) is 12.0. The second-order valence-electron chi connectivity index (χ2n) is 5.24. The average molecular weight is 289 g/mol. The summed E-state index contributed by atoms with van der Waals surface area (Å²) < 4.78 is 5.69. The van der Waals surface area contributed by atoms with Gasteiger partial charge in [-0.3, -0.25) is 0 Å². The molecule has 112 valence electrons. The number of hydrogen-bond donors (Lipinski definition) is 2. The van der Waals surface area contributed by atoms with E-state index in [9.17, 15) is 4.79 Å². The van der Waals surface area contributed by atoms with Crippen molar-refractivity contribution in [1.82, 2.24) is 9.88 Å². The molecule has 2 aromatic rings. The maximum absolute atomic E-state index is 12.1. The Bertz CT molecular complexity index is 649. The summed E-state index contributed by atoms with van der Waals surface area (Å²) in [6, 6.07) is 5.22. The number of amides is 2. The minimum atomic E-state index is -0.225. The fourth-order valence-electron chi connectivity index (χ4n) is 2.25. The van der Waals surface area contributed by atoms with Crippen molar-refractivity contribution in [2.24, 2.45) is 0 Å². The summed E-state index contributed by atoms with van der Waals surface area (Å²) >= 11 is 0. The molecule has 0 bridgehead atoms. The van der Waals surface area contributed by atoms with Gasteiger partial charge in [-0.25, -0.2) is 9.78 Å². The Labute approximate surface area is 122 Å². The van der Waals surface area contributed by atoms with Crippen molar-refractivity contribution in [1.29, 1.82) is 0 Å². The number of aliphatic hydroxyl groups is 1. The lowest BCUT2D eigenvalue weighted by Crippen LogP contribution is -2.36. The molecule has 1 saturated carbocycles. The van der Waals surface area contributed by atoms with Gasteiger partial charge in [-0.2, -0.15) is 0 Å². The van der Waals surface area contributed by atoms with Crippen LogP contribution < -0.4 is 5.32 Å². The van der Waals surface area contributed by atoms with Gasteiger partial charge in [0.1, 0.15) is 5.52 Å². The molecule has 0 spiro atoms. The largest absolute Gasteiger partial charge is 0.440 e. The summed E-state index contributed by atoms with van der Waals surface area (Å²) in [6.07, 6.45) is 2.28. The van der Waals surface area contributed by atoms with Crippen LogP contribution in [-0.4, -0.2) is 40.7 Å². The number of aliphatic hydroxyl groups excluding tert-OH is 1. The second-order valence-corrected chi connectivity index (χ2v) is 5.24. The molecule has 3 rings (SSSR count). The van der Waals surface area contributed by atoms with Crippen molar-refractivity contribution in [3.63, 3.8) is 0 Å². The smallest absolute Gasteiger partial charge is 0.321 e. The molecule has 0 unspecified atom stereocenters. The standard InChI is InChI=1S/C15H19N3O3/c1-2-18(7-8-19)15(20)16-11-5-6-13-12(9-11)17-14(21-13)10-3-4-10/h5-6,9-10,19H,2-4,7-8H2,1H3,(H,16,20). The number of hydrogen-bond acceptors (Lipinski definition) is 4. The lowest BCUT2D eigenvalue weighted by Gasteiger charge is -2.20. The highest BCUT2D eigenvalue weighted by atomic mass is 16.3. The number of benzene rings is 1. The maximum Gasteiger partial charge on any atom is 0.321 e. The van der Waals surface area contributed by atoms with E-state index in [2.05, 4.69) is 10.3 Å². The van der Waals surface area contributed by atoms with Crippen LogP contribution in [0.1, 0.15) is 31.6 Å². The molecule has 1 fully saturated rings. The van der Waals surface area contributed by atoms with Gasteiger partial charge in [0, 0.05) is 24.7 Å². The zero-order valence-corrected chi connectivity index (χ0v) is 12.0. The van der Waals surface area contributed by atoms with E-state index in [-0.39, 0.29) is 12.6 Å². The average Bonchev–Trinajstić information content (AvgIpc) is 3.24. The Hall–Kier alpha value is -2.08. The van der Waals surface area contributed by atoms with Crippen LogP contribution in [0.5, 0.6) is 0 Å². The van der Waals surface area contributed by atoms with Crippen LogP contribution in [0.3, 0.4) is 0 Å². The van der Waals surface area contributed by atoms with Crippen molar-refractivity contribution in [3.05, 3.63) is 24.1 Å². The fourth-order valence-corrected chi connectivity index (χ4v) is 2.25. The Morgan fingerprint density at radius 3 is 3.00 bits per heavy atom. The van der Waals surface area contributed by atoms with Gasteiger partial charge in [0.05, 0.1) is 6.61 Å². The molecule has 1 aromatic heterocycles. The van der Waals surface area contributed by atoms with Gasteiger partial charge >= 0.3 is 6.03 Å². The zero-order chi connectivity index (χ0) is 14.8. The van der Waals surface area contributed by atoms with Crippen LogP contribution in [0.15, 0.2) is 22.6 Å². The first-order chi connectivity index (χ1) is 10.2. The van der Waals surface area contributed by atoms with E-state index in [0.717, 1.165) is 29.8 Å². The molecule has 0 aliphatic heterocycles. The lowest BCUT2D eigenvalue weighted by atomic mass is 10.3. The maximum atomic E-state index is 12.1. The monoisotopic (exact) mass is 289 g/mol. The van der Waals surface area contributed by atoms with E-state index in [4.69, 9.17) is 9.52 Å². The van der Waals surface area contributed by atoms with Crippen molar-refractivity contribution in [2.75, 3.05) is 25.0 Å². The number of fused-ring (bicyclic) bond motifs is 1. The number of likely N-dealkylation sites (N-methyl/N-ethyl adjacent to an activating group) is 1. The highest BCUT2D eigenvalue weighted by Gasteiger charge is 2.28. The molecule has 1 aliphatic rings. The van der Waals surface area contributed by atoms with E-state index >= 15 is 0 Å². The number of carbonyl (C=O) groups excluding carboxylic acids is 1. The van der Waals surface area contributed by atoms with E-state index in [1.165, 1.54) is 0 Å². The topological polar surface area (TPSA) is 78.6 Å². The molecular weight excluding hydrogens is 270 g/mol. The number of oxazole rings is 1. The SMILES string of the molecule is CCN(CCO)C(=O)Nc1ccc2oc(C3CC3)nc2c1. The summed E-state index contributed by atoms with van der Waals surface area (Å²) in [7, 11) is 0. The third kappa shape index (κ3) is 3.00. The Kier molecular flexibility index (Phi) is 3.79. The molecule has 2 N–H and O–H groups in total. The van der Waals surface area contributed by atoms with Gasteiger partial charge in [-0.05, 0) is 38.0 Å². The molecule has 1 heterocycles. The van der Waals surface area contributed by atoms with Crippen molar-refractivity contribution >= 4 is 22.8 Å². The summed E-state index contributed by atoms with van der Waals surface area (Å²) in [5, 5.41) is 11.8.